The highest BCUT2D eigenvalue weighted by atomic mass is 35.5. The Morgan fingerprint density at radius 2 is 2.15 bits per heavy atom. The van der Waals surface area contributed by atoms with Crippen molar-refractivity contribution in [2.24, 2.45) is 5.92 Å². The predicted molar refractivity (Wildman–Crippen MR) is 77.2 cm³/mol. The van der Waals surface area contributed by atoms with Gasteiger partial charge in [0.2, 0.25) is 11.0 Å². The van der Waals surface area contributed by atoms with E-state index >= 15 is 0 Å². The Morgan fingerprint density at radius 3 is 2.70 bits per heavy atom. The van der Waals surface area contributed by atoms with Gasteiger partial charge in [-0.05, 0) is 12.3 Å². The molecule has 0 amide bonds. The number of hydrogen-bond donors (Lipinski definition) is 1. The fraction of sp³-hybridized carbons (Fsp3) is 0.667. The highest BCUT2D eigenvalue weighted by Crippen LogP contribution is 2.29. The molecule has 0 bridgehead atoms. The normalized spacial score (nSPS) is 10.8. The zero-order valence-corrected chi connectivity index (χ0v) is 12.6. The van der Waals surface area contributed by atoms with E-state index in [2.05, 4.69) is 15.3 Å². The fourth-order valence-corrected chi connectivity index (χ4v) is 1.89. The molecule has 7 nitrogen and oxygen atoms in total. The van der Waals surface area contributed by atoms with Gasteiger partial charge in [0.25, 0.3) is 0 Å². The van der Waals surface area contributed by atoms with Crippen molar-refractivity contribution in [3.8, 4) is 0 Å². The van der Waals surface area contributed by atoms with Crippen LogP contribution in [0.2, 0.25) is 5.15 Å². The van der Waals surface area contributed by atoms with Crippen LogP contribution in [0, 0.1) is 16.0 Å². The van der Waals surface area contributed by atoms with E-state index in [1.54, 1.807) is 7.11 Å². The van der Waals surface area contributed by atoms with Gasteiger partial charge in [0, 0.05) is 26.7 Å². The van der Waals surface area contributed by atoms with E-state index in [1.807, 2.05) is 13.8 Å². The minimum Gasteiger partial charge on any atom is -0.385 e. The van der Waals surface area contributed by atoms with Gasteiger partial charge in [-0.1, -0.05) is 25.4 Å². The van der Waals surface area contributed by atoms with Gasteiger partial charge in [0.1, 0.15) is 5.82 Å². The number of aromatic nitrogens is 2. The van der Waals surface area contributed by atoms with Gasteiger partial charge in [-0.2, -0.15) is 0 Å². The Labute approximate surface area is 122 Å². The molecule has 0 unspecified atom stereocenters. The Morgan fingerprint density at radius 1 is 1.45 bits per heavy atom. The van der Waals surface area contributed by atoms with Crippen molar-refractivity contribution in [1.29, 1.82) is 0 Å². The van der Waals surface area contributed by atoms with E-state index in [1.165, 1.54) is 0 Å². The summed E-state index contributed by atoms with van der Waals surface area (Å²) in [6.45, 7) is 5.12. The standard InChI is InChI=1S/C12H19ClN4O3/c1-8(2)7-9-15-11(13)10(17(18)19)12(16-9)14-5-4-6-20-3/h8H,4-7H2,1-3H3,(H,14,15,16). The number of nitrogens with zero attached hydrogens (tertiary/aromatic N) is 3. The van der Waals surface area contributed by atoms with Gasteiger partial charge < -0.3 is 10.1 Å². The van der Waals surface area contributed by atoms with Crippen LogP contribution in [0.15, 0.2) is 0 Å². The van der Waals surface area contributed by atoms with Crippen LogP contribution in [-0.2, 0) is 11.2 Å². The quantitative estimate of drug-likeness (QED) is 0.344. The second-order valence-electron chi connectivity index (χ2n) is 4.76. The molecule has 20 heavy (non-hydrogen) atoms. The molecule has 0 aliphatic carbocycles. The van der Waals surface area contributed by atoms with Gasteiger partial charge in [0.15, 0.2) is 0 Å². The zero-order chi connectivity index (χ0) is 15.1. The third-order valence-corrected chi connectivity index (χ3v) is 2.74. The maximum Gasteiger partial charge on any atom is 0.348 e. The Kier molecular flexibility index (Phi) is 6.60. The molecule has 0 radical (unpaired) electrons. The van der Waals surface area contributed by atoms with Crippen LogP contribution < -0.4 is 5.32 Å². The maximum atomic E-state index is 11.0. The maximum absolute atomic E-state index is 11.0. The molecule has 1 rings (SSSR count). The van der Waals surface area contributed by atoms with E-state index < -0.39 is 4.92 Å². The molecule has 0 aliphatic rings. The van der Waals surface area contributed by atoms with Crippen molar-refractivity contribution in [3.63, 3.8) is 0 Å². The number of methoxy groups -OCH3 is 1. The largest absolute Gasteiger partial charge is 0.385 e. The summed E-state index contributed by atoms with van der Waals surface area (Å²) in [6, 6.07) is 0. The summed E-state index contributed by atoms with van der Waals surface area (Å²) in [5, 5.41) is 13.8. The zero-order valence-electron chi connectivity index (χ0n) is 11.9. The van der Waals surface area contributed by atoms with Crippen LogP contribution in [0.5, 0.6) is 0 Å². The summed E-state index contributed by atoms with van der Waals surface area (Å²) in [5.41, 5.74) is -0.281. The van der Waals surface area contributed by atoms with E-state index in [0.717, 1.165) is 6.42 Å². The molecule has 0 saturated carbocycles. The lowest BCUT2D eigenvalue weighted by atomic mass is 10.1. The van der Waals surface area contributed by atoms with Gasteiger partial charge >= 0.3 is 5.69 Å². The Bertz CT molecular complexity index is 468. The van der Waals surface area contributed by atoms with Crippen molar-refractivity contribution in [2.45, 2.75) is 26.7 Å². The molecule has 1 aromatic heterocycles. The molecule has 112 valence electrons. The smallest absolute Gasteiger partial charge is 0.348 e. The number of anilines is 1. The molecular formula is C12H19ClN4O3. The summed E-state index contributed by atoms with van der Waals surface area (Å²) in [4.78, 5) is 18.7. The number of rotatable bonds is 8. The molecule has 1 heterocycles. The van der Waals surface area contributed by atoms with Crippen LogP contribution in [0.4, 0.5) is 11.5 Å². The molecule has 0 saturated heterocycles. The van der Waals surface area contributed by atoms with Crippen LogP contribution in [0.25, 0.3) is 0 Å². The summed E-state index contributed by atoms with van der Waals surface area (Å²) < 4.78 is 4.92. The Hall–Kier alpha value is -1.47. The van der Waals surface area contributed by atoms with Crippen molar-refractivity contribution in [2.75, 3.05) is 25.6 Å². The molecule has 0 fully saturated rings. The lowest BCUT2D eigenvalue weighted by Gasteiger charge is -2.09. The lowest BCUT2D eigenvalue weighted by molar-refractivity contribution is -0.384. The van der Waals surface area contributed by atoms with Crippen LogP contribution in [-0.4, -0.2) is 35.2 Å². The number of halogens is 1. The van der Waals surface area contributed by atoms with Crippen molar-refractivity contribution in [3.05, 3.63) is 21.1 Å². The van der Waals surface area contributed by atoms with Gasteiger partial charge in [-0.25, -0.2) is 9.97 Å². The van der Waals surface area contributed by atoms with Crippen LogP contribution in [0.3, 0.4) is 0 Å². The number of nitrogens with one attached hydrogen (secondary N) is 1. The minimum atomic E-state index is -0.569. The molecule has 0 spiro atoms. The first-order valence-electron chi connectivity index (χ1n) is 6.39. The highest BCUT2D eigenvalue weighted by molar-refractivity contribution is 6.31. The number of hydrogen-bond acceptors (Lipinski definition) is 6. The van der Waals surface area contributed by atoms with E-state index in [0.29, 0.717) is 31.3 Å². The Balaban J connectivity index is 2.96. The van der Waals surface area contributed by atoms with Crippen molar-refractivity contribution >= 4 is 23.1 Å². The highest BCUT2D eigenvalue weighted by Gasteiger charge is 2.23. The first-order chi connectivity index (χ1) is 9.45. The molecule has 0 atom stereocenters. The summed E-state index contributed by atoms with van der Waals surface area (Å²) in [6.07, 6.45) is 1.33. The second-order valence-corrected chi connectivity index (χ2v) is 5.11. The summed E-state index contributed by atoms with van der Waals surface area (Å²) in [5.74, 6) is 1.01. The molecule has 1 N–H and O–H groups in total. The molecule has 0 aromatic carbocycles. The van der Waals surface area contributed by atoms with Gasteiger partial charge in [-0.3, -0.25) is 10.1 Å². The monoisotopic (exact) mass is 302 g/mol. The van der Waals surface area contributed by atoms with Crippen molar-refractivity contribution < 1.29 is 9.66 Å². The van der Waals surface area contributed by atoms with Gasteiger partial charge in [-0.15, -0.1) is 0 Å². The van der Waals surface area contributed by atoms with E-state index in [-0.39, 0.29) is 16.7 Å². The predicted octanol–water partition coefficient (Wildman–Crippen LogP) is 2.69. The summed E-state index contributed by atoms with van der Waals surface area (Å²) >= 11 is 5.90. The topological polar surface area (TPSA) is 90.2 Å². The second kappa shape index (κ2) is 7.96. The van der Waals surface area contributed by atoms with E-state index in [4.69, 9.17) is 16.3 Å². The first-order valence-corrected chi connectivity index (χ1v) is 6.77. The third kappa shape index (κ3) is 4.90. The molecule has 0 aliphatic heterocycles. The lowest BCUT2D eigenvalue weighted by Crippen LogP contribution is -2.12. The SMILES string of the molecule is COCCCNc1nc(CC(C)C)nc(Cl)c1[N+](=O)[O-]. The van der Waals surface area contributed by atoms with Crippen LogP contribution in [0.1, 0.15) is 26.1 Å². The third-order valence-electron chi connectivity index (χ3n) is 2.48. The number of ether oxygens (including phenoxy) is 1. The fourth-order valence-electron chi connectivity index (χ4n) is 1.64. The van der Waals surface area contributed by atoms with Crippen LogP contribution >= 0.6 is 11.6 Å². The van der Waals surface area contributed by atoms with Gasteiger partial charge in [0.05, 0.1) is 4.92 Å². The first kappa shape index (κ1) is 16.6. The molecular weight excluding hydrogens is 284 g/mol. The molecule has 8 heteroatoms. The molecule has 1 aromatic rings. The minimum absolute atomic E-state index is 0.130. The average Bonchev–Trinajstić information content (AvgIpc) is 2.32. The van der Waals surface area contributed by atoms with Crippen molar-refractivity contribution in [1.82, 2.24) is 9.97 Å². The summed E-state index contributed by atoms with van der Waals surface area (Å²) in [7, 11) is 1.60. The van der Waals surface area contributed by atoms with E-state index in [9.17, 15) is 10.1 Å². The average molecular weight is 303 g/mol. The number of nitro groups is 1.